The first kappa shape index (κ1) is 14.9. The van der Waals surface area contributed by atoms with E-state index >= 15 is 0 Å². The number of hydrogen-bond acceptors (Lipinski definition) is 3. The molecule has 2 aromatic carbocycles. The Hall–Kier alpha value is -2.07. The zero-order valence-electron chi connectivity index (χ0n) is 12.8. The molecule has 1 unspecified atom stereocenters. The summed E-state index contributed by atoms with van der Waals surface area (Å²) in [6, 6.07) is 11.2. The number of piperidine rings is 1. The van der Waals surface area contributed by atoms with Gasteiger partial charge in [-0.1, -0.05) is 24.3 Å². The number of rotatable bonds is 3. The second-order valence-electron chi connectivity index (χ2n) is 5.93. The fourth-order valence-electron chi connectivity index (χ4n) is 3.19. The van der Waals surface area contributed by atoms with Gasteiger partial charge in [0.25, 0.3) is 5.91 Å². The third-order valence-electron chi connectivity index (χ3n) is 4.30. The van der Waals surface area contributed by atoms with Crippen LogP contribution in [0.15, 0.2) is 36.4 Å². The Morgan fingerprint density at radius 1 is 1.32 bits per heavy atom. The average Bonchev–Trinajstić information content (AvgIpc) is 2.54. The molecule has 1 atom stereocenters. The summed E-state index contributed by atoms with van der Waals surface area (Å²) in [7, 11) is 1.69. The molecule has 0 bridgehead atoms. The maximum Gasteiger partial charge on any atom is 0.257 e. The van der Waals surface area contributed by atoms with E-state index in [0.29, 0.717) is 24.6 Å². The van der Waals surface area contributed by atoms with Crippen molar-refractivity contribution in [2.24, 2.45) is 5.92 Å². The number of aromatic hydroxyl groups is 1. The number of fused-ring (bicyclic) bond motifs is 1. The molecule has 1 amide bonds. The molecule has 1 aliphatic rings. The maximum atomic E-state index is 12.7. The topological polar surface area (TPSA) is 49.8 Å². The van der Waals surface area contributed by atoms with Crippen molar-refractivity contribution in [1.29, 1.82) is 0 Å². The van der Waals surface area contributed by atoms with E-state index in [2.05, 4.69) is 0 Å². The Kier molecular flexibility index (Phi) is 4.29. The van der Waals surface area contributed by atoms with Crippen molar-refractivity contribution < 1.29 is 14.6 Å². The van der Waals surface area contributed by atoms with Crippen LogP contribution in [0.1, 0.15) is 23.2 Å². The molecule has 116 valence electrons. The average molecular weight is 299 g/mol. The number of phenolic OH excluding ortho intramolecular Hbond substituents is 1. The molecule has 1 N–H and O–H groups in total. The van der Waals surface area contributed by atoms with Crippen LogP contribution in [0.25, 0.3) is 10.8 Å². The van der Waals surface area contributed by atoms with E-state index in [1.807, 2.05) is 29.2 Å². The summed E-state index contributed by atoms with van der Waals surface area (Å²) in [6.07, 6.45) is 2.06. The highest BCUT2D eigenvalue weighted by Gasteiger charge is 2.26. The van der Waals surface area contributed by atoms with Gasteiger partial charge in [0, 0.05) is 20.2 Å². The molecule has 0 saturated carbocycles. The molecular formula is C18H21NO3. The van der Waals surface area contributed by atoms with Crippen molar-refractivity contribution in [2.45, 2.75) is 12.8 Å². The normalized spacial score (nSPS) is 18.6. The molecule has 0 spiro atoms. The van der Waals surface area contributed by atoms with Crippen molar-refractivity contribution in [1.82, 2.24) is 4.90 Å². The van der Waals surface area contributed by atoms with E-state index in [1.165, 1.54) is 0 Å². The largest absolute Gasteiger partial charge is 0.507 e. The zero-order chi connectivity index (χ0) is 15.5. The van der Waals surface area contributed by atoms with E-state index in [1.54, 1.807) is 19.2 Å². The zero-order valence-corrected chi connectivity index (χ0v) is 12.8. The number of carbonyl (C=O) groups is 1. The van der Waals surface area contributed by atoms with Gasteiger partial charge < -0.3 is 14.7 Å². The summed E-state index contributed by atoms with van der Waals surface area (Å²) in [6.45, 7) is 2.11. The molecule has 2 aromatic rings. The van der Waals surface area contributed by atoms with Crippen molar-refractivity contribution in [3.63, 3.8) is 0 Å². The van der Waals surface area contributed by atoms with Gasteiger partial charge in [-0.3, -0.25) is 4.79 Å². The summed E-state index contributed by atoms with van der Waals surface area (Å²) in [4.78, 5) is 14.6. The first-order valence-electron chi connectivity index (χ1n) is 7.69. The molecule has 0 aromatic heterocycles. The quantitative estimate of drug-likeness (QED) is 0.947. The third-order valence-corrected chi connectivity index (χ3v) is 4.30. The number of benzene rings is 2. The molecule has 1 aliphatic heterocycles. The molecule has 3 rings (SSSR count). The Bertz CT molecular complexity index is 681. The Balaban J connectivity index is 1.86. The van der Waals surface area contributed by atoms with E-state index in [0.717, 1.165) is 30.2 Å². The molecule has 0 aliphatic carbocycles. The number of nitrogens with zero attached hydrogens (tertiary/aromatic N) is 1. The van der Waals surface area contributed by atoms with Crippen molar-refractivity contribution in [3.8, 4) is 5.75 Å². The number of carbonyl (C=O) groups excluding carboxylic acids is 1. The lowest BCUT2D eigenvalue weighted by Crippen LogP contribution is -2.41. The van der Waals surface area contributed by atoms with Gasteiger partial charge in [-0.2, -0.15) is 0 Å². The minimum absolute atomic E-state index is 0.0533. The van der Waals surface area contributed by atoms with Gasteiger partial charge >= 0.3 is 0 Å². The van der Waals surface area contributed by atoms with Crippen LogP contribution in [0.4, 0.5) is 0 Å². The SMILES string of the molecule is COCC1CCCN(C(=O)c2cc3ccccc3cc2O)C1. The number of amides is 1. The van der Waals surface area contributed by atoms with Crippen LogP contribution in [0.3, 0.4) is 0 Å². The number of phenols is 1. The standard InChI is InChI=1S/C18H21NO3/c1-22-12-13-5-4-8-19(11-13)18(21)16-9-14-6-2-3-7-15(14)10-17(16)20/h2-3,6-7,9-10,13,20H,4-5,8,11-12H2,1H3. The summed E-state index contributed by atoms with van der Waals surface area (Å²) in [5.41, 5.74) is 0.386. The number of hydrogen-bond donors (Lipinski definition) is 1. The minimum Gasteiger partial charge on any atom is -0.507 e. The number of likely N-dealkylation sites (tertiary alicyclic amines) is 1. The van der Waals surface area contributed by atoms with E-state index in [4.69, 9.17) is 4.74 Å². The van der Waals surface area contributed by atoms with Crippen molar-refractivity contribution in [2.75, 3.05) is 26.8 Å². The monoisotopic (exact) mass is 299 g/mol. The lowest BCUT2D eigenvalue weighted by Gasteiger charge is -2.32. The van der Waals surface area contributed by atoms with Crippen LogP contribution < -0.4 is 0 Å². The maximum absolute atomic E-state index is 12.7. The van der Waals surface area contributed by atoms with Gasteiger partial charge in [0.1, 0.15) is 5.75 Å². The lowest BCUT2D eigenvalue weighted by molar-refractivity contribution is 0.0568. The van der Waals surface area contributed by atoms with Crippen molar-refractivity contribution >= 4 is 16.7 Å². The summed E-state index contributed by atoms with van der Waals surface area (Å²) in [5.74, 6) is 0.340. The highest BCUT2D eigenvalue weighted by atomic mass is 16.5. The third kappa shape index (κ3) is 2.92. The first-order chi connectivity index (χ1) is 10.7. The molecule has 4 nitrogen and oxygen atoms in total. The summed E-state index contributed by atoms with van der Waals surface area (Å²) < 4.78 is 5.21. The molecule has 4 heteroatoms. The Labute approximate surface area is 130 Å². The van der Waals surface area contributed by atoms with Gasteiger partial charge in [0.15, 0.2) is 0 Å². The number of methoxy groups -OCH3 is 1. The second kappa shape index (κ2) is 6.36. The van der Waals surface area contributed by atoms with E-state index < -0.39 is 0 Å². The summed E-state index contributed by atoms with van der Waals surface area (Å²) >= 11 is 0. The van der Waals surface area contributed by atoms with E-state index in [-0.39, 0.29) is 11.7 Å². The smallest absolute Gasteiger partial charge is 0.257 e. The first-order valence-corrected chi connectivity index (χ1v) is 7.69. The predicted octanol–water partition coefficient (Wildman–Crippen LogP) is 3.04. The molecule has 22 heavy (non-hydrogen) atoms. The Morgan fingerprint density at radius 3 is 2.77 bits per heavy atom. The highest BCUT2D eigenvalue weighted by molar-refractivity contribution is 6.01. The van der Waals surface area contributed by atoms with Gasteiger partial charge in [-0.25, -0.2) is 0 Å². The number of ether oxygens (including phenoxy) is 1. The minimum atomic E-state index is -0.0935. The van der Waals surface area contributed by atoms with Gasteiger partial charge in [0.05, 0.1) is 12.2 Å². The van der Waals surface area contributed by atoms with Crippen molar-refractivity contribution in [3.05, 3.63) is 42.0 Å². The Morgan fingerprint density at radius 2 is 2.05 bits per heavy atom. The van der Waals surface area contributed by atoms with Gasteiger partial charge in [-0.05, 0) is 41.7 Å². The van der Waals surface area contributed by atoms with Crippen LogP contribution in [-0.4, -0.2) is 42.7 Å². The lowest BCUT2D eigenvalue weighted by atomic mass is 9.97. The van der Waals surface area contributed by atoms with Gasteiger partial charge in [-0.15, -0.1) is 0 Å². The molecule has 1 heterocycles. The second-order valence-corrected chi connectivity index (χ2v) is 5.93. The van der Waals surface area contributed by atoms with Crippen LogP contribution >= 0.6 is 0 Å². The van der Waals surface area contributed by atoms with Crippen LogP contribution in [0.2, 0.25) is 0 Å². The van der Waals surface area contributed by atoms with Crippen LogP contribution in [-0.2, 0) is 4.74 Å². The molecular weight excluding hydrogens is 278 g/mol. The summed E-state index contributed by atoms with van der Waals surface area (Å²) in [5, 5.41) is 12.1. The molecule has 1 fully saturated rings. The van der Waals surface area contributed by atoms with Crippen LogP contribution in [0, 0.1) is 5.92 Å². The molecule has 1 saturated heterocycles. The van der Waals surface area contributed by atoms with Gasteiger partial charge in [0.2, 0.25) is 0 Å². The predicted molar refractivity (Wildman–Crippen MR) is 86.1 cm³/mol. The fraction of sp³-hybridized carbons (Fsp3) is 0.389. The fourth-order valence-corrected chi connectivity index (χ4v) is 3.19. The van der Waals surface area contributed by atoms with Crippen LogP contribution in [0.5, 0.6) is 5.75 Å². The molecule has 0 radical (unpaired) electrons. The van der Waals surface area contributed by atoms with E-state index in [9.17, 15) is 9.90 Å². The highest BCUT2D eigenvalue weighted by Crippen LogP contribution is 2.27.